The Morgan fingerprint density at radius 3 is 3.00 bits per heavy atom. The van der Waals surface area contributed by atoms with Crippen LogP contribution in [0.4, 0.5) is 0 Å². The van der Waals surface area contributed by atoms with Crippen molar-refractivity contribution in [3.8, 4) is 0 Å². The predicted molar refractivity (Wildman–Crippen MR) is 65.7 cm³/mol. The fourth-order valence-corrected chi connectivity index (χ4v) is 3.63. The first kappa shape index (κ1) is 9.64. The molecule has 1 heterocycles. The van der Waals surface area contributed by atoms with Gasteiger partial charge >= 0.3 is 0 Å². The van der Waals surface area contributed by atoms with E-state index in [0.717, 1.165) is 17.6 Å². The van der Waals surface area contributed by atoms with E-state index in [9.17, 15) is 0 Å². The molecule has 0 aromatic heterocycles. The Kier molecular flexibility index (Phi) is 2.43. The Hall–Kier alpha value is -0.570. The second-order valence-electron chi connectivity index (χ2n) is 5.00. The van der Waals surface area contributed by atoms with Gasteiger partial charge in [-0.25, -0.2) is 0 Å². The molecule has 82 valence electrons. The zero-order valence-corrected chi connectivity index (χ0v) is 9.83. The third-order valence-electron chi connectivity index (χ3n) is 4.08. The van der Waals surface area contributed by atoms with Gasteiger partial charge in [0.05, 0.1) is 0 Å². The summed E-state index contributed by atoms with van der Waals surface area (Å²) in [4.78, 5) is 0. The zero-order chi connectivity index (χ0) is 10.3. The molecule has 2 atom stereocenters. The van der Waals surface area contributed by atoms with Crippen LogP contribution in [0.2, 0.25) is 0 Å². The van der Waals surface area contributed by atoms with E-state index in [4.69, 9.17) is 12.2 Å². The zero-order valence-electron chi connectivity index (χ0n) is 9.01. The summed E-state index contributed by atoms with van der Waals surface area (Å²) in [5, 5.41) is 7.41. The Balaban J connectivity index is 1.62. The molecule has 0 aromatic rings. The van der Waals surface area contributed by atoms with Gasteiger partial charge < -0.3 is 10.6 Å². The molecule has 3 rings (SSSR count). The average Bonchev–Trinajstić information content (AvgIpc) is 2.85. The minimum atomic E-state index is 0.579. The summed E-state index contributed by atoms with van der Waals surface area (Å²) in [7, 11) is 0. The molecule has 0 saturated carbocycles. The number of allylic oxidation sites excluding steroid dienone is 2. The molecule has 2 aliphatic carbocycles. The van der Waals surface area contributed by atoms with Crippen molar-refractivity contribution in [2.24, 2.45) is 5.92 Å². The smallest absolute Gasteiger partial charge is 0.166 e. The molecule has 0 bridgehead atoms. The third kappa shape index (κ3) is 1.78. The van der Waals surface area contributed by atoms with Gasteiger partial charge in [0, 0.05) is 12.6 Å². The Labute approximate surface area is 96.5 Å². The van der Waals surface area contributed by atoms with Gasteiger partial charge in [-0.2, -0.15) is 0 Å². The van der Waals surface area contributed by atoms with Gasteiger partial charge in [-0.15, -0.1) is 0 Å². The molecule has 3 heteroatoms. The molecule has 2 unspecified atom stereocenters. The van der Waals surface area contributed by atoms with Crippen LogP contribution < -0.4 is 10.6 Å². The van der Waals surface area contributed by atoms with E-state index in [1.807, 2.05) is 5.57 Å². The van der Waals surface area contributed by atoms with Crippen LogP contribution >= 0.6 is 12.2 Å². The maximum atomic E-state index is 5.10. The van der Waals surface area contributed by atoms with Crippen molar-refractivity contribution in [1.29, 1.82) is 0 Å². The van der Waals surface area contributed by atoms with Crippen molar-refractivity contribution in [2.75, 3.05) is 6.54 Å². The minimum absolute atomic E-state index is 0.579. The summed E-state index contributed by atoms with van der Waals surface area (Å²) >= 11 is 5.10. The third-order valence-corrected chi connectivity index (χ3v) is 4.34. The molecular formula is C12H18N2S. The lowest BCUT2D eigenvalue weighted by atomic mass is 9.92. The van der Waals surface area contributed by atoms with Crippen LogP contribution in [-0.2, 0) is 0 Å². The highest BCUT2D eigenvalue weighted by atomic mass is 32.1. The normalized spacial score (nSPS) is 34.3. The summed E-state index contributed by atoms with van der Waals surface area (Å²) in [6, 6.07) is 0.579. The van der Waals surface area contributed by atoms with Crippen LogP contribution in [0.1, 0.15) is 38.5 Å². The topological polar surface area (TPSA) is 24.1 Å². The van der Waals surface area contributed by atoms with Crippen molar-refractivity contribution in [3.05, 3.63) is 11.1 Å². The second-order valence-corrected chi connectivity index (χ2v) is 5.41. The molecule has 0 amide bonds. The van der Waals surface area contributed by atoms with E-state index >= 15 is 0 Å². The first-order chi connectivity index (χ1) is 7.33. The Morgan fingerprint density at radius 1 is 1.27 bits per heavy atom. The van der Waals surface area contributed by atoms with Crippen molar-refractivity contribution in [1.82, 2.24) is 10.6 Å². The predicted octanol–water partition coefficient (Wildman–Crippen LogP) is 2.11. The van der Waals surface area contributed by atoms with Gasteiger partial charge in [0.1, 0.15) is 0 Å². The van der Waals surface area contributed by atoms with Crippen molar-refractivity contribution in [3.63, 3.8) is 0 Å². The molecule has 2 N–H and O–H groups in total. The van der Waals surface area contributed by atoms with Crippen LogP contribution in [0.5, 0.6) is 0 Å². The van der Waals surface area contributed by atoms with Crippen LogP contribution in [0.3, 0.4) is 0 Å². The molecule has 0 radical (unpaired) electrons. The monoisotopic (exact) mass is 222 g/mol. The van der Waals surface area contributed by atoms with Gasteiger partial charge in [-0.3, -0.25) is 0 Å². The molecule has 0 spiro atoms. The van der Waals surface area contributed by atoms with Crippen LogP contribution in [-0.4, -0.2) is 17.7 Å². The van der Waals surface area contributed by atoms with Gasteiger partial charge in [0.25, 0.3) is 0 Å². The van der Waals surface area contributed by atoms with Gasteiger partial charge in [0.15, 0.2) is 5.11 Å². The highest BCUT2D eigenvalue weighted by molar-refractivity contribution is 7.80. The van der Waals surface area contributed by atoms with Gasteiger partial charge in [0.2, 0.25) is 0 Å². The number of hydrogen-bond acceptors (Lipinski definition) is 1. The number of rotatable bonds is 2. The van der Waals surface area contributed by atoms with Crippen LogP contribution in [0.25, 0.3) is 0 Å². The summed E-state index contributed by atoms with van der Waals surface area (Å²) in [5.41, 5.74) is 3.61. The van der Waals surface area contributed by atoms with Gasteiger partial charge in [-0.1, -0.05) is 11.1 Å². The molecule has 1 aliphatic heterocycles. The lowest BCUT2D eigenvalue weighted by Crippen LogP contribution is -2.28. The molecule has 0 aromatic carbocycles. The van der Waals surface area contributed by atoms with E-state index in [1.54, 1.807) is 5.57 Å². The molecule has 1 fully saturated rings. The summed E-state index contributed by atoms with van der Waals surface area (Å²) in [6.45, 7) is 1.03. The maximum Gasteiger partial charge on any atom is 0.166 e. The summed E-state index contributed by atoms with van der Waals surface area (Å²) in [5.74, 6) is 0.864. The fraction of sp³-hybridized carbons (Fsp3) is 0.750. The lowest BCUT2D eigenvalue weighted by molar-refractivity contribution is 0.461. The first-order valence-corrected chi connectivity index (χ1v) is 6.49. The maximum absolute atomic E-state index is 5.10. The Morgan fingerprint density at radius 2 is 2.20 bits per heavy atom. The second kappa shape index (κ2) is 3.78. The molecular weight excluding hydrogens is 204 g/mol. The van der Waals surface area contributed by atoms with E-state index in [-0.39, 0.29) is 0 Å². The minimum Gasteiger partial charge on any atom is -0.361 e. The molecule has 2 nitrogen and oxygen atoms in total. The molecule has 3 aliphatic rings. The van der Waals surface area contributed by atoms with Gasteiger partial charge in [-0.05, 0) is 56.7 Å². The van der Waals surface area contributed by atoms with Crippen LogP contribution in [0, 0.1) is 5.92 Å². The lowest BCUT2D eigenvalue weighted by Gasteiger charge is -2.17. The van der Waals surface area contributed by atoms with E-state index < -0.39 is 0 Å². The first-order valence-electron chi connectivity index (χ1n) is 6.08. The summed E-state index contributed by atoms with van der Waals surface area (Å²) in [6.07, 6.45) is 8.24. The van der Waals surface area contributed by atoms with Crippen LogP contribution in [0.15, 0.2) is 11.1 Å². The highest BCUT2D eigenvalue weighted by Gasteiger charge is 2.31. The molecule has 15 heavy (non-hydrogen) atoms. The SMILES string of the molecule is S=C1NCC(CC2CCC3=C2CCC3)N1. The van der Waals surface area contributed by atoms with E-state index in [2.05, 4.69) is 10.6 Å². The van der Waals surface area contributed by atoms with E-state index in [1.165, 1.54) is 38.5 Å². The van der Waals surface area contributed by atoms with Crippen molar-refractivity contribution >= 4 is 17.3 Å². The van der Waals surface area contributed by atoms with E-state index in [0.29, 0.717) is 6.04 Å². The number of thiocarbonyl (C=S) groups is 1. The Bertz CT molecular complexity index is 322. The average molecular weight is 222 g/mol. The van der Waals surface area contributed by atoms with Crippen molar-refractivity contribution < 1.29 is 0 Å². The summed E-state index contributed by atoms with van der Waals surface area (Å²) < 4.78 is 0. The quantitative estimate of drug-likeness (QED) is 0.553. The largest absolute Gasteiger partial charge is 0.361 e. The number of nitrogens with one attached hydrogen (secondary N) is 2. The number of hydrogen-bond donors (Lipinski definition) is 2. The standard InChI is InChI=1S/C12H18N2S/c15-12-13-7-10(14-12)6-9-5-4-8-2-1-3-11(8)9/h9-10H,1-7H2,(H2,13,14,15). The van der Waals surface area contributed by atoms with Crippen molar-refractivity contribution in [2.45, 2.75) is 44.6 Å². The molecule has 1 saturated heterocycles. The highest BCUT2D eigenvalue weighted by Crippen LogP contribution is 2.44. The fourth-order valence-electron chi connectivity index (χ4n) is 3.38.